The van der Waals surface area contributed by atoms with Crippen LogP contribution in [0.1, 0.15) is 6.42 Å². The molecule has 5 heteroatoms. The molecule has 0 spiro atoms. The highest BCUT2D eigenvalue weighted by Crippen LogP contribution is 2.16. The van der Waals surface area contributed by atoms with Crippen molar-refractivity contribution in [2.45, 2.75) is 12.5 Å². The van der Waals surface area contributed by atoms with E-state index < -0.39 is 5.97 Å². The van der Waals surface area contributed by atoms with Gasteiger partial charge in [0.25, 0.3) is 0 Å². The number of carboxylic acid groups (broad SMARTS) is 1. The molecule has 2 unspecified atom stereocenters. The smallest absolute Gasteiger partial charge is 0.307 e. The third kappa shape index (κ3) is 2.94. The molecule has 82 valence electrons. The van der Waals surface area contributed by atoms with Crippen LogP contribution < -0.4 is 5.32 Å². The SMILES string of the molecule is CNC1CC(C(=O)O)CN(CCO)C1. The second-order valence-electron chi connectivity index (χ2n) is 3.74. The molecule has 1 saturated heterocycles. The first-order chi connectivity index (χ1) is 6.67. The zero-order valence-electron chi connectivity index (χ0n) is 8.44. The van der Waals surface area contributed by atoms with Gasteiger partial charge in [-0.05, 0) is 13.5 Å². The van der Waals surface area contributed by atoms with Crippen molar-refractivity contribution in [3.63, 3.8) is 0 Å². The Morgan fingerprint density at radius 2 is 2.29 bits per heavy atom. The fourth-order valence-electron chi connectivity index (χ4n) is 1.90. The molecule has 1 aliphatic heterocycles. The fraction of sp³-hybridized carbons (Fsp3) is 0.889. The van der Waals surface area contributed by atoms with Crippen LogP contribution in [0.3, 0.4) is 0 Å². The van der Waals surface area contributed by atoms with Crippen LogP contribution in [0.5, 0.6) is 0 Å². The highest BCUT2D eigenvalue weighted by molar-refractivity contribution is 5.70. The van der Waals surface area contributed by atoms with E-state index in [4.69, 9.17) is 10.2 Å². The first kappa shape index (κ1) is 11.4. The molecule has 1 heterocycles. The van der Waals surface area contributed by atoms with Gasteiger partial charge >= 0.3 is 5.97 Å². The molecule has 2 atom stereocenters. The summed E-state index contributed by atoms with van der Waals surface area (Å²) in [4.78, 5) is 12.8. The average Bonchev–Trinajstić information content (AvgIpc) is 2.17. The average molecular weight is 202 g/mol. The number of aliphatic hydroxyl groups is 1. The molecule has 3 N–H and O–H groups in total. The van der Waals surface area contributed by atoms with Gasteiger partial charge in [0.1, 0.15) is 0 Å². The van der Waals surface area contributed by atoms with Crippen molar-refractivity contribution in [1.29, 1.82) is 0 Å². The van der Waals surface area contributed by atoms with E-state index in [1.54, 1.807) is 0 Å². The fourth-order valence-corrected chi connectivity index (χ4v) is 1.90. The third-order valence-corrected chi connectivity index (χ3v) is 2.70. The third-order valence-electron chi connectivity index (χ3n) is 2.70. The van der Waals surface area contributed by atoms with Crippen molar-refractivity contribution in [2.24, 2.45) is 5.92 Å². The van der Waals surface area contributed by atoms with Gasteiger partial charge in [-0.1, -0.05) is 0 Å². The molecule has 0 aromatic rings. The van der Waals surface area contributed by atoms with Crippen molar-refractivity contribution >= 4 is 5.97 Å². The Morgan fingerprint density at radius 1 is 1.57 bits per heavy atom. The van der Waals surface area contributed by atoms with E-state index in [0.29, 0.717) is 19.5 Å². The van der Waals surface area contributed by atoms with Crippen LogP contribution in [0.2, 0.25) is 0 Å². The molecule has 1 fully saturated rings. The molecular formula is C9H18N2O3. The van der Waals surface area contributed by atoms with Crippen molar-refractivity contribution < 1.29 is 15.0 Å². The molecule has 5 nitrogen and oxygen atoms in total. The van der Waals surface area contributed by atoms with Gasteiger partial charge in [-0.15, -0.1) is 0 Å². The van der Waals surface area contributed by atoms with Gasteiger partial charge in [-0.25, -0.2) is 0 Å². The van der Waals surface area contributed by atoms with E-state index in [9.17, 15) is 4.79 Å². The number of carbonyl (C=O) groups is 1. The first-order valence-electron chi connectivity index (χ1n) is 4.90. The van der Waals surface area contributed by atoms with Gasteiger partial charge in [0, 0.05) is 25.7 Å². The van der Waals surface area contributed by atoms with Gasteiger partial charge in [-0.2, -0.15) is 0 Å². The van der Waals surface area contributed by atoms with E-state index in [2.05, 4.69) is 5.32 Å². The van der Waals surface area contributed by atoms with E-state index >= 15 is 0 Å². The zero-order chi connectivity index (χ0) is 10.6. The van der Waals surface area contributed by atoms with Crippen LogP contribution in [0.25, 0.3) is 0 Å². The number of aliphatic hydroxyl groups excluding tert-OH is 1. The zero-order valence-corrected chi connectivity index (χ0v) is 8.44. The lowest BCUT2D eigenvalue weighted by atomic mass is 9.94. The molecule has 1 aliphatic rings. The van der Waals surface area contributed by atoms with Gasteiger partial charge in [0.2, 0.25) is 0 Å². The number of nitrogens with zero attached hydrogens (tertiary/aromatic N) is 1. The van der Waals surface area contributed by atoms with Crippen LogP contribution in [0, 0.1) is 5.92 Å². The number of likely N-dealkylation sites (N-methyl/N-ethyl adjacent to an activating group) is 1. The number of piperidine rings is 1. The Morgan fingerprint density at radius 3 is 2.79 bits per heavy atom. The van der Waals surface area contributed by atoms with Crippen molar-refractivity contribution in [3.05, 3.63) is 0 Å². The van der Waals surface area contributed by atoms with E-state index in [1.165, 1.54) is 0 Å². The number of carboxylic acids is 1. The highest BCUT2D eigenvalue weighted by Gasteiger charge is 2.30. The Hall–Kier alpha value is -0.650. The monoisotopic (exact) mass is 202 g/mol. The van der Waals surface area contributed by atoms with E-state index in [1.807, 2.05) is 11.9 Å². The summed E-state index contributed by atoms with van der Waals surface area (Å²) in [6.45, 7) is 2.01. The Bertz CT molecular complexity index is 198. The summed E-state index contributed by atoms with van der Waals surface area (Å²) >= 11 is 0. The molecule has 0 aliphatic carbocycles. The van der Waals surface area contributed by atoms with Gasteiger partial charge in [0.05, 0.1) is 12.5 Å². The number of nitrogens with one attached hydrogen (secondary N) is 1. The van der Waals surface area contributed by atoms with Gasteiger partial charge < -0.3 is 15.5 Å². The maximum absolute atomic E-state index is 10.8. The predicted molar refractivity (Wildman–Crippen MR) is 52.1 cm³/mol. The number of aliphatic carboxylic acids is 1. The van der Waals surface area contributed by atoms with Crippen molar-refractivity contribution in [3.8, 4) is 0 Å². The lowest BCUT2D eigenvalue weighted by molar-refractivity contribution is -0.144. The maximum Gasteiger partial charge on any atom is 0.307 e. The van der Waals surface area contributed by atoms with Crippen molar-refractivity contribution in [2.75, 3.05) is 33.3 Å². The normalized spacial score (nSPS) is 29.0. The number of rotatable bonds is 4. The standard InChI is InChI=1S/C9H18N2O3/c1-10-8-4-7(9(13)14)5-11(6-8)2-3-12/h7-8,10,12H,2-6H2,1H3,(H,13,14). The quantitative estimate of drug-likeness (QED) is 0.544. The molecular weight excluding hydrogens is 184 g/mol. The topological polar surface area (TPSA) is 72.8 Å². The lowest BCUT2D eigenvalue weighted by Crippen LogP contribution is -2.50. The minimum absolute atomic E-state index is 0.0861. The van der Waals surface area contributed by atoms with E-state index in [0.717, 1.165) is 6.54 Å². The second kappa shape index (κ2) is 5.29. The second-order valence-corrected chi connectivity index (χ2v) is 3.74. The molecule has 0 bridgehead atoms. The minimum atomic E-state index is -0.743. The molecule has 0 aromatic carbocycles. The minimum Gasteiger partial charge on any atom is -0.481 e. The largest absolute Gasteiger partial charge is 0.481 e. The summed E-state index contributed by atoms with van der Waals surface area (Å²) in [5, 5.41) is 20.8. The number of β-amino-alcohol motifs (C(OH)–C–C–N with tert-alkyl or cyclic N) is 1. The van der Waals surface area contributed by atoms with Crippen LogP contribution in [-0.2, 0) is 4.79 Å². The number of hydrogen-bond acceptors (Lipinski definition) is 4. The Balaban J connectivity index is 2.52. The number of likely N-dealkylation sites (tertiary alicyclic amines) is 1. The highest BCUT2D eigenvalue weighted by atomic mass is 16.4. The maximum atomic E-state index is 10.8. The molecule has 1 rings (SSSR count). The molecule has 0 aromatic heterocycles. The first-order valence-corrected chi connectivity index (χ1v) is 4.90. The molecule has 0 amide bonds. The van der Waals surface area contributed by atoms with Crippen LogP contribution in [-0.4, -0.2) is 60.4 Å². The lowest BCUT2D eigenvalue weighted by Gasteiger charge is -2.35. The molecule has 0 saturated carbocycles. The molecule has 0 radical (unpaired) electrons. The molecule has 14 heavy (non-hydrogen) atoms. The summed E-state index contributed by atoms with van der Waals surface area (Å²) in [6.07, 6.45) is 0.674. The summed E-state index contributed by atoms with van der Waals surface area (Å²) in [6, 6.07) is 0.219. The van der Waals surface area contributed by atoms with Crippen LogP contribution in [0.15, 0.2) is 0 Å². The Kier molecular flexibility index (Phi) is 4.31. The van der Waals surface area contributed by atoms with Crippen molar-refractivity contribution in [1.82, 2.24) is 10.2 Å². The van der Waals surface area contributed by atoms with Crippen LogP contribution in [0.4, 0.5) is 0 Å². The van der Waals surface area contributed by atoms with E-state index in [-0.39, 0.29) is 18.6 Å². The Labute approximate surface area is 83.7 Å². The summed E-state index contributed by atoms with van der Waals surface area (Å²) < 4.78 is 0. The van der Waals surface area contributed by atoms with Gasteiger partial charge in [-0.3, -0.25) is 9.69 Å². The van der Waals surface area contributed by atoms with Crippen LogP contribution >= 0.6 is 0 Å². The predicted octanol–water partition coefficient (Wildman–Crippen LogP) is -1.03. The summed E-state index contributed by atoms with van der Waals surface area (Å²) in [5.74, 6) is -1.05. The van der Waals surface area contributed by atoms with Gasteiger partial charge in [0.15, 0.2) is 0 Å². The summed E-state index contributed by atoms with van der Waals surface area (Å²) in [5.41, 5.74) is 0. The summed E-state index contributed by atoms with van der Waals surface area (Å²) in [7, 11) is 1.84. The number of hydrogen-bond donors (Lipinski definition) is 3.